The number of allylic oxidation sites excluding steroid dienone is 4. The van der Waals surface area contributed by atoms with Gasteiger partial charge in [0, 0.05) is 5.41 Å². The summed E-state index contributed by atoms with van der Waals surface area (Å²) in [6, 6.07) is 0. The molecule has 0 amide bonds. The van der Waals surface area contributed by atoms with E-state index < -0.39 is 0 Å². The fraction of sp³-hybridized carbons (Fsp3) is 0.643. The molecule has 0 aliphatic heterocycles. The molecule has 0 heterocycles. The molecule has 2 aliphatic rings. The molecule has 2 rings (SSSR count). The Morgan fingerprint density at radius 1 is 1.47 bits per heavy atom. The van der Waals surface area contributed by atoms with Gasteiger partial charge < -0.3 is 0 Å². The number of carbonyl (C=O) groups excluding carboxylic acids is 1. The van der Waals surface area contributed by atoms with Gasteiger partial charge in [0.1, 0.15) is 0 Å². The van der Waals surface area contributed by atoms with Gasteiger partial charge in [-0.25, -0.2) is 0 Å². The van der Waals surface area contributed by atoms with E-state index in [-0.39, 0.29) is 11.2 Å². The molecule has 1 heteroatoms. The largest absolute Gasteiger partial charge is 0.295 e. The van der Waals surface area contributed by atoms with E-state index >= 15 is 0 Å². The van der Waals surface area contributed by atoms with Gasteiger partial charge in [-0.2, -0.15) is 0 Å². The van der Waals surface area contributed by atoms with E-state index in [1.807, 2.05) is 0 Å². The van der Waals surface area contributed by atoms with Gasteiger partial charge >= 0.3 is 0 Å². The highest BCUT2D eigenvalue weighted by molar-refractivity contribution is 5.93. The number of fused-ring (bicyclic) bond motifs is 1. The van der Waals surface area contributed by atoms with Crippen molar-refractivity contribution < 1.29 is 4.79 Å². The highest BCUT2D eigenvalue weighted by Gasteiger charge is 2.37. The van der Waals surface area contributed by atoms with Gasteiger partial charge in [-0.05, 0) is 44.1 Å². The third kappa shape index (κ3) is 1.68. The van der Waals surface area contributed by atoms with Gasteiger partial charge in [0.2, 0.25) is 0 Å². The van der Waals surface area contributed by atoms with Gasteiger partial charge in [-0.15, -0.1) is 0 Å². The summed E-state index contributed by atoms with van der Waals surface area (Å²) in [6.07, 6.45) is 9.15. The Bertz CT molecular complexity index is 348. The predicted molar refractivity (Wildman–Crippen MR) is 62.6 cm³/mol. The van der Waals surface area contributed by atoms with E-state index in [0.717, 1.165) is 18.4 Å². The number of carbonyl (C=O) groups is 1. The minimum Gasteiger partial charge on any atom is -0.295 e. The van der Waals surface area contributed by atoms with Crippen LogP contribution in [-0.2, 0) is 4.79 Å². The smallest absolute Gasteiger partial charge is 0.155 e. The van der Waals surface area contributed by atoms with Crippen LogP contribution in [0.4, 0.5) is 0 Å². The van der Waals surface area contributed by atoms with Crippen molar-refractivity contribution in [1.29, 1.82) is 0 Å². The molecule has 0 N–H and O–H groups in total. The lowest BCUT2D eigenvalue weighted by Crippen LogP contribution is -2.32. The molecule has 2 aliphatic carbocycles. The van der Waals surface area contributed by atoms with Crippen molar-refractivity contribution in [3.8, 4) is 0 Å². The van der Waals surface area contributed by atoms with Crippen molar-refractivity contribution in [2.24, 2.45) is 11.3 Å². The first-order valence-corrected chi connectivity index (χ1v) is 5.96. The molecule has 0 aromatic carbocycles. The number of hydrogen-bond acceptors (Lipinski definition) is 1. The summed E-state index contributed by atoms with van der Waals surface area (Å²) < 4.78 is 0. The number of ketones is 1. The summed E-state index contributed by atoms with van der Waals surface area (Å²) in [6.45, 7) is 6.30. The lowest BCUT2D eigenvalue weighted by molar-refractivity contribution is -0.113. The van der Waals surface area contributed by atoms with Crippen molar-refractivity contribution >= 4 is 5.78 Å². The number of Topliss-reactive ketones (excluding diaryl/α,β-unsaturated/α-hetero) is 1. The van der Waals surface area contributed by atoms with E-state index in [1.54, 1.807) is 12.5 Å². The van der Waals surface area contributed by atoms with Crippen molar-refractivity contribution in [3.05, 3.63) is 23.3 Å². The highest BCUT2D eigenvalue weighted by Crippen LogP contribution is 2.48. The second-order valence-corrected chi connectivity index (χ2v) is 5.22. The monoisotopic (exact) mass is 204 g/mol. The highest BCUT2D eigenvalue weighted by atomic mass is 16.1. The van der Waals surface area contributed by atoms with Crippen LogP contribution >= 0.6 is 0 Å². The maximum Gasteiger partial charge on any atom is 0.155 e. The lowest BCUT2D eigenvalue weighted by atomic mass is 9.62. The molecule has 0 unspecified atom stereocenters. The van der Waals surface area contributed by atoms with E-state index in [9.17, 15) is 4.79 Å². The molecule has 15 heavy (non-hydrogen) atoms. The van der Waals surface area contributed by atoms with Crippen LogP contribution in [0.15, 0.2) is 23.3 Å². The van der Waals surface area contributed by atoms with E-state index in [2.05, 4.69) is 26.0 Å². The molecule has 0 aromatic rings. The summed E-state index contributed by atoms with van der Waals surface area (Å²) in [5.41, 5.74) is 2.77. The third-order valence-electron chi connectivity index (χ3n) is 4.30. The second-order valence-electron chi connectivity index (χ2n) is 5.22. The van der Waals surface area contributed by atoms with E-state index in [4.69, 9.17) is 0 Å². The van der Waals surface area contributed by atoms with Crippen LogP contribution < -0.4 is 0 Å². The Morgan fingerprint density at radius 2 is 2.20 bits per heavy atom. The molecule has 0 aromatic heterocycles. The molecule has 0 saturated heterocycles. The Labute approximate surface area is 92.3 Å². The lowest BCUT2D eigenvalue weighted by Gasteiger charge is -2.42. The molecule has 1 nitrogen and oxygen atoms in total. The Kier molecular flexibility index (Phi) is 2.57. The van der Waals surface area contributed by atoms with Crippen LogP contribution in [0.3, 0.4) is 0 Å². The summed E-state index contributed by atoms with van der Waals surface area (Å²) in [7, 11) is 0. The topological polar surface area (TPSA) is 17.1 Å². The van der Waals surface area contributed by atoms with Gasteiger partial charge in [0.05, 0.1) is 0 Å². The van der Waals surface area contributed by atoms with Crippen molar-refractivity contribution in [3.63, 3.8) is 0 Å². The Balaban J connectivity index is 2.41. The summed E-state index contributed by atoms with van der Waals surface area (Å²) in [5.74, 6) is 0.931. The average molecular weight is 204 g/mol. The Hall–Kier alpha value is -0.850. The van der Waals surface area contributed by atoms with Crippen LogP contribution in [0.1, 0.15) is 46.5 Å². The molecule has 0 spiro atoms. The molecule has 0 fully saturated rings. The standard InChI is InChI=1S/C14H20O/c1-10-5-4-6-13-8-7-12(11(2)15)9-14(10,13)3/h6,9-10H,4-5,7-8H2,1-3H3/t10-,14+/m1/s1. The first-order valence-electron chi connectivity index (χ1n) is 5.96. The van der Waals surface area contributed by atoms with Crippen molar-refractivity contribution in [1.82, 2.24) is 0 Å². The maximum atomic E-state index is 11.4. The second kappa shape index (κ2) is 3.62. The molecule has 2 atom stereocenters. The van der Waals surface area contributed by atoms with Gasteiger partial charge in [-0.1, -0.05) is 31.6 Å². The van der Waals surface area contributed by atoms with Crippen LogP contribution in [0.2, 0.25) is 0 Å². The Morgan fingerprint density at radius 3 is 2.87 bits per heavy atom. The minimum absolute atomic E-state index is 0.164. The fourth-order valence-electron chi connectivity index (χ4n) is 2.93. The zero-order chi connectivity index (χ0) is 11.1. The molecule has 82 valence electrons. The summed E-state index contributed by atoms with van der Waals surface area (Å²) >= 11 is 0. The van der Waals surface area contributed by atoms with Crippen LogP contribution in [0, 0.1) is 11.3 Å². The number of rotatable bonds is 1. The normalized spacial score (nSPS) is 35.3. The van der Waals surface area contributed by atoms with Crippen molar-refractivity contribution in [2.75, 3.05) is 0 Å². The summed E-state index contributed by atoms with van der Waals surface area (Å²) in [5, 5.41) is 0. The molecule has 0 saturated carbocycles. The fourth-order valence-corrected chi connectivity index (χ4v) is 2.93. The zero-order valence-corrected chi connectivity index (χ0v) is 9.97. The van der Waals surface area contributed by atoms with Crippen LogP contribution in [0.5, 0.6) is 0 Å². The maximum absolute atomic E-state index is 11.4. The predicted octanol–water partition coefficient (Wildman–Crippen LogP) is 3.66. The van der Waals surface area contributed by atoms with E-state index in [1.165, 1.54) is 12.8 Å². The van der Waals surface area contributed by atoms with Crippen LogP contribution in [-0.4, -0.2) is 5.78 Å². The minimum atomic E-state index is 0.164. The SMILES string of the molecule is CC(=O)C1=C[C@]2(C)C(=CCC[C@H]2C)CC1. The van der Waals surface area contributed by atoms with Gasteiger partial charge in [0.15, 0.2) is 5.78 Å². The van der Waals surface area contributed by atoms with Crippen molar-refractivity contribution in [2.45, 2.75) is 46.5 Å². The molecule has 0 bridgehead atoms. The zero-order valence-electron chi connectivity index (χ0n) is 9.97. The molecular formula is C14H20O. The van der Waals surface area contributed by atoms with Gasteiger partial charge in [-0.3, -0.25) is 4.79 Å². The van der Waals surface area contributed by atoms with Gasteiger partial charge in [0.25, 0.3) is 0 Å². The molecule has 0 radical (unpaired) electrons. The summed E-state index contributed by atoms with van der Waals surface area (Å²) in [4.78, 5) is 11.4. The first kappa shape index (κ1) is 10.7. The van der Waals surface area contributed by atoms with E-state index in [0.29, 0.717) is 5.92 Å². The van der Waals surface area contributed by atoms with Crippen LogP contribution in [0.25, 0.3) is 0 Å². The third-order valence-corrected chi connectivity index (χ3v) is 4.30. The quantitative estimate of drug-likeness (QED) is 0.596. The number of hydrogen-bond donors (Lipinski definition) is 0. The first-order chi connectivity index (χ1) is 7.04. The average Bonchev–Trinajstić information content (AvgIpc) is 2.19. The molecular weight excluding hydrogens is 184 g/mol.